The molecule has 1 spiro atoms. The number of nitrogens with zero attached hydrogens (tertiary/aromatic N) is 1. The van der Waals surface area contributed by atoms with Gasteiger partial charge in [0.1, 0.15) is 5.82 Å². The summed E-state index contributed by atoms with van der Waals surface area (Å²) in [7, 11) is 0. The van der Waals surface area contributed by atoms with Crippen LogP contribution in [0.5, 0.6) is 0 Å². The second-order valence-electron chi connectivity index (χ2n) is 5.88. The van der Waals surface area contributed by atoms with Crippen molar-refractivity contribution in [2.24, 2.45) is 5.41 Å². The molecule has 98 valence electrons. The van der Waals surface area contributed by atoms with Gasteiger partial charge < -0.3 is 10.6 Å². The summed E-state index contributed by atoms with van der Waals surface area (Å²) in [5, 5.41) is 7.06. The lowest BCUT2D eigenvalue weighted by atomic mass is 9.67. The largest absolute Gasteiger partial charge is 0.367 e. The summed E-state index contributed by atoms with van der Waals surface area (Å²) in [6, 6.07) is 6.71. The normalized spacial score (nSPS) is 24.0. The van der Waals surface area contributed by atoms with E-state index in [9.17, 15) is 0 Å². The topological polar surface area (TPSA) is 37.0 Å². The van der Waals surface area contributed by atoms with E-state index in [1.165, 1.54) is 51.6 Å². The lowest BCUT2D eigenvalue weighted by molar-refractivity contribution is 0.128. The van der Waals surface area contributed by atoms with Gasteiger partial charge in [-0.1, -0.05) is 6.07 Å². The Kier molecular flexibility index (Phi) is 3.50. The minimum Gasteiger partial charge on any atom is -0.367 e. The van der Waals surface area contributed by atoms with Crippen LogP contribution in [0.1, 0.15) is 38.5 Å². The molecule has 2 N–H and O–H groups in total. The van der Waals surface area contributed by atoms with E-state index in [-0.39, 0.29) is 0 Å². The van der Waals surface area contributed by atoms with Crippen LogP contribution in [0, 0.1) is 5.41 Å². The van der Waals surface area contributed by atoms with Gasteiger partial charge in [-0.05, 0) is 69.2 Å². The van der Waals surface area contributed by atoms with E-state index in [2.05, 4.69) is 21.7 Å². The number of pyridine rings is 1. The first kappa shape index (κ1) is 12.0. The van der Waals surface area contributed by atoms with Gasteiger partial charge in [0.2, 0.25) is 0 Å². The highest BCUT2D eigenvalue weighted by Crippen LogP contribution is 2.43. The van der Waals surface area contributed by atoms with Gasteiger partial charge in [-0.25, -0.2) is 4.98 Å². The molecule has 0 bridgehead atoms. The van der Waals surface area contributed by atoms with E-state index in [0.717, 1.165) is 5.82 Å². The fourth-order valence-electron chi connectivity index (χ4n) is 3.49. The van der Waals surface area contributed by atoms with Crippen LogP contribution in [0.25, 0.3) is 0 Å². The maximum Gasteiger partial charge on any atom is 0.126 e. The summed E-state index contributed by atoms with van der Waals surface area (Å²) < 4.78 is 0. The first-order chi connectivity index (χ1) is 8.86. The predicted octanol–water partition coefficient (Wildman–Crippen LogP) is 2.81. The molecule has 1 aromatic rings. The molecule has 0 amide bonds. The second kappa shape index (κ2) is 5.27. The maximum atomic E-state index is 4.36. The molecule has 2 aliphatic rings. The van der Waals surface area contributed by atoms with Gasteiger partial charge in [0.25, 0.3) is 0 Å². The van der Waals surface area contributed by atoms with Crippen molar-refractivity contribution in [3.63, 3.8) is 0 Å². The second-order valence-corrected chi connectivity index (χ2v) is 5.88. The standard InChI is InChI=1S/C15H23N3/c1-2-10-17-14(3-1)18-13-4-6-15(7-5-13)8-11-16-12-9-15/h1-3,10,13,16H,4-9,11-12H2,(H,17,18). The van der Waals surface area contributed by atoms with E-state index in [4.69, 9.17) is 0 Å². The van der Waals surface area contributed by atoms with Gasteiger partial charge in [-0.3, -0.25) is 0 Å². The number of piperidine rings is 1. The zero-order valence-electron chi connectivity index (χ0n) is 11.0. The number of rotatable bonds is 2. The molecular formula is C15H23N3. The average Bonchev–Trinajstić information content (AvgIpc) is 2.44. The third kappa shape index (κ3) is 2.66. The highest BCUT2D eigenvalue weighted by Gasteiger charge is 2.36. The minimum atomic E-state index is 0.625. The van der Waals surface area contributed by atoms with Crippen molar-refractivity contribution < 1.29 is 0 Å². The van der Waals surface area contributed by atoms with Gasteiger partial charge in [0.15, 0.2) is 0 Å². The lowest BCUT2D eigenvalue weighted by Crippen LogP contribution is -2.41. The van der Waals surface area contributed by atoms with Crippen molar-refractivity contribution in [1.29, 1.82) is 0 Å². The smallest absolute Gasteiger partial charge is 0.126 e. The summed E-state index contributed by atoms with van der Waals surface area (Å²) in [6.07, 6.45) is 10.00. The van der Waals surface area contributed by atoms with Crippen LogP contribution in [0.15, 0.2) is 24.4 Å². The Morgan fingerprint density at radius 3 is 2.56 bits per heavy atom. The van der Waals surface area contributed by atoms with Crippen LogP contribution in [0.3, 0.4) is 0 Å². The summed E-state index contributed by atoms with van der Waals surface area (Å²) in [5.74, 6) is 1.03. The third-order valence-electron chi connectivity index (χ3n) is 4.73. The van der Waals surface area contributed by atoms with Gasteiger partial charge in [0.05, 0.1) is 0 Å². The molecule has 3 heteroatoms. The SMILES string of the molecule is c1ccc(NC2CCC3(CCNCC3)CC2)nc1. The molecule has 1 saturated heterocycles. The van der Waals surface area contributed by atoms with Crippen molar-refractivity contribution in [1.82, 2.24) is 10.3 Å². The molecule has 1 saturated carbocycles. The van der Waals surface area contributed by atoms with Crippen molar-refractivity contribution >= 4 is 5.82 Å². The van der Waals surface area contributed by atoms with Crippen molar-refractivity contribution in [2.75, 3.05) is 18.4 Å². The van der Waals surface area contributed by atoms with E-state index >= 15 is 0 Å². The molecule has 0 atom stereocenters. The summed E-state index contributed by atoms with van der Waals surface area (Å²) in [4.78, 5) is 4.36. The Labute approximate surface area is 109 Å². The highest BCUT2D eigenvalue weighted by molar-refractivity contribution is 5.34. The Morgan fingerprint density at radius 2 is 1.89 bits per heavy atom. The molecule has 1 aliphatic carbocycles. The Hall–Kier alpha value is -1.09. The molecule has 0 unspecified atom stereocenters. The predicted molar refractivity (Wildman–Crippen MR) is 74.7 cm³/mol. The van der Waals surface area contributed by atoms with E-state index < -0.39 is 0 Å². The zero-order chi connectivity index (χ0) is 12.3. The number of nitrogens with one attached hydrogen (secondary N) is 2. The summed E-state index contributed by atoms with van der Waals surface area (Å²) in [6.45, 7) is 2.44. The molecule has 1 aliphatic heterocycles. The van der Waals surface area contributed by atoms with E-state index in [0.29, 0.717) is 11.5 Å². The van der Waals surface area contributed by atoms with Crippen molar-refractivity contribution in [3.8, 4) is 0 Å². The van der Waals surface area contributed by atoms with Crippen LogP contribution in [0.4, 0.5) is 5.82 Å². The Morgan fingerprint density at radius 1 is 1.11 bits per heavy atom. The molecule has 0 aromatic carbocycles. The van der Waals surface area contributed by atoms with Crippen LogP contribution in [-0.2, 0) is 0 Å². The van der Waals surface area contributed by atoms with Gasteiger partial charge in [0, 0.05) is 12.2 Å². The first-order valence-electron chi connectivity index (χ1n) is 7.25. The number of hydrogen-bond acceptors (Lipinski definition) is 3. The van der Waals surface area contributed by atoms with Crippen molar-refractivity contribution in [3.05, 3.63) is 24.4 Å². The molecule has 3 rings (SSSR count). The van der Waals surface area contributed by atoms with Crippen LogP contribution in [-0.4, -0.2) is 24.1 Å². The fourth-order valence-corrected chi connectivity index (χ4v) is 3.49. The van der Waals surface area contributed by atoms with Gasteiger partial charge in [-0.2, -0.15) is 0 Å². The molecular weight excluding hydrogens is 222 g/mol. The maximum absolute atomic E-state index is 4.36. The molecule has 3 nitrogen and oxygen atoms in total. The highest BCUT2D eigenvalue weighted by atomic mass is 15.0. The summed E-state index contributed by atoms with van der Waals surface area (Å²) >= 11 is 0. The van der Waals surface area contributed by atoms with Crippen molar-refractivity contribution in [2.45, 2.75) is 44.6 Å². The first-order valence-corrected chi connectivity index (χ1v) is 7.25. The quantitative estimate of drug-likeness (QED) is 0.841. The molecule has 1 aromatic heterocycles. The molecule has 2 fully saturated rings. The third-order valence-corrected chi connectivity index (χ3v) is 4.73. The summed E-state index contributed by atoms with van der Waals surface area (Å²) in [5.41, 5.74) is 0.660. The zero-order valence-corrected chi connectivity index (χ0v) is 11.0. The lowest BCUT2D eigenvalue weighted by Gasteiger charge is -2.43. The van der Waals surface area contributed by atoms with Crippen LogP contribution >= 0.6 is 0 Å². The van der Waals surface area contributed by atoms with E-state index in [1.54, 1.807) is 0 Å². The number of anilines is 1. The van der Waals surface area contributed by atoms with Crippen LogP contribution < -0.4 is 10.6 Å². The molecule has 2 heterocycles. The van der Waals surface area contributed by atoms with E-state index in [1.807, 2.05) is 18.3 Å². The Bertz CT molecular complexity index is 361. The number of hydrogen-bond donors (Lipinski definition) is 2. The van der Waals surface area contributed by atoms with Gasteiger partial charge >= 0.3 is 0 Å². The minimum absolute atomic E-state index is 0.625. The number of aromatic nitrogens is 1. The Balaban J connectivity index is 1.54. The van der Waals surface area contributed by atoms with Gasteiger partial charge in [-0.15, -0.1) is 0 Å². The molecule has 18 heavy (non-hydrogen) atoms. The molecule has 0 radical (unpaired) electrons. The fraction of sp³-hybridized carbons (Fsp3) is 0.667. The monoisotopic (exact) mass is 245 g/mol. The average molecular weight is 245 g/mol. The van der Waals surface area contributed by atoms with Crippen LogP contribution in [0.2, 0.25) is 0 Å².